The molecule has 2 heterocycles. The predicted octanol–water partition coefficient (Wildman–Crippen LogP) is 3.79. The van der Waals surface area contributed by atoms with Crippen LogP contribution in [0.3, 0.4) is 0 Å². The molecule has 1 aromatic carbocycles. The van der Waals surface area contributed by atoms with Crippen LogP contribution < -0.4 is 15.6 Å². The Morgan fingerprint density at radius 1 is 1.18 bits per heavy atom. The first kappa shape index (κ1) is 23.9. The van der Waals surface area contributed by atoms with E-state index in [2.05, 4.69) is 10.3 Å². The Balaban J connectivity index is 1.92. The van der Waals surface area contributed by atoms with Crippen molar-refractivity contribution in [2.45, 2.75) is 25.6 Å². The van der Waals surface area contributed by atoms with Crippen molar-refractivity contribution in [3.05, 3.63) is 82.3 Å². The number of benzene rings is 1. The number of carbonyl (C=O) groups excluding carboxylic acids is 1. The third kappa shape index (κ3) is 5.95. The molecular formula is C22H19F4N3O4. The number of hydrogen-bond donors (Lipinski definition) is 2. The van der Waals surface area contributed by atoms with Crippen LogP contribution in [0.5, 0.6) is 5.75 Å². The summed E-state index contributed by atoms with van der Waals surface area (Å²) < 4.78 is 57.0. The minimum atomic E-state index is -4.65. The highest BCUT2D eigenvalue weighted by molar-refractivity contribution is 6.03. The highest BCUT2D eigenvalue weighted by atomic mass is 19.4. The zero-order chi connectivity index (χ0) is 24.4. The Morgan fingerprint density at radius 3 is 2.52 bits per heavy atom. The molecule has 0 saturated heterocycles. The molecule has 0 radical (unpaired) electrons. The molecule has 0 unspecified atom stereocenters. The molecular weight excluding hydrogens is 446 g/mol. The van der Waals surface area contributed by atoms with Gasteiger partial charge in [-0.15, -0.1) is 0 Å². The maximum Gasteiger partial charge on any atom is 0.422 e. The lowest BCUT2D eigenvalue weighted by atomic mass is 10.1. The number of halogens is 4. The van der Waals surface area contributed by atoms with Crippen LogP contribution >= 0.6 is 0 Å². The Kier molecular flexibility index (Phi) is 6.54. The van der Waals surface area contributed by atoms with Crippen molar-refractivity contribution >= 4 is 11.6 Å². The lowest BCUT2D eigenvalue weighted by Crippen LogP contribution is -2.28. The van der Waals surface area contributed by atoms with Gasteiger partial charge in [0, 0.05) is 12.3 Å². The molecule has 3 rings (SSSR count). The smallest absolute Gasteiger partial charge is 0.422 e. The molecule has 33 heavy (non-hydrogen) atoms. The van der Waals surface area contributed by atoms with E-state index in [1.54, 1.807) is 13.8 Å². The molecule has 2 aromatic heterocycles. The number of rotatable bonds is 6. The van der Waals surface area contributed by atoms with Crippen LogP contribution in [0.2, 0.25) is 0 Å². The van der Waals surface area contributed by atoms with Crippen LogP contribution in [0.25, 0.3) is 5.69 Å². The molecule has 0 aliphatic carbocycles. The van der Waals surface area contributed by atoms with Gasteiger partial charge in [-0.2, -0.15) is 13.2 Å². The fourth-order valence-electron chi connectivity index (χ4n) is 2.85. The summed E-state index contributed by atoms with van der Waals surface area (Å²) in [5, 5.41) is 12.4. The number of hydrogen-bond acceptors (Lipinski definition) is 5. The first-order valence-corrected chi connectivity index (χ1v) is 9.56. The number of carbonyl (C=O) groups is 1. The van der Waals surface area contributed by atoms with Crippen LogP contribution in [0.4, 0.5) is 23.2 Å². The molecule has 174 valence electrons. The Bertz CT molecular complexity index is 1220. The van der Waals surface area contributed by atoms with E-state index >= 15 is 0 Å². The van der Waals surface area contributed by atoms with Crippen molar-refractivity contribution < 1.29 is 32.2 Å². The van der Waals surface area contributed by atoms with Gasteiger partial charge >= 0.3 is 6.18 Å². The SMILES string of the molecule is CC(C)(O)c1ccc(NC(=O)c2cccn(-c3cc(F)ccc3OCC(F)(F)F)c2=O)cn1. The topological polar surface area (TPSA) is 93.5 Å². The summed E-state index contributed by atoms with van der Waals surface area (Å²) in [6.07, 6.45) is -2.18. The van der Waals surface area contributed by atoms with Gasteiger partial charge in [-0.05, 0) is 50.2 Å². The molecule has 11 heteroatoms. The van der Waals surface area contributed by atoms with Gasteiger partial charge in [0.05, 0.1) is 23.3 Å². The van der Waals surface area contributed by atoms with Crippen molar-refractivity contribution in [2.24, 2.45) is 0 Å². The molecule has 7 nitrogen and oxygen atoms in total. The zero-order valence-electron chi connectivity index (χ0n) is 17.5. The molecule has 1 amide bonds. The van der Waals surface area contributed by atoms with Crippen LogP contribution in [0.15, 0.2) is 59.7 Å². The Morgan fingerprint density at radius 2 is 1.91 bits per heavy atom. The summed E-state index contributed by atoms with van der Waals surface area (Å²) in [5.74, 6) is -2.02. The van der Waals surface area contributed by atoms with Crippen molar-refractivity contribution in [1.29, 1.82) is 0 Å². The van der Waals surface area contributed by atoms with E-state index in [1.807, 2.05) is 0 Å². The third-order valence-corrected chi connectivity index (χ3v) is 4.41. The lowest BCUT2D eigenvalue weighted by Gasteiger charge is -2.16. The largest absolute Gasteiger partial charge is 0.482 e. The van der Waals surface area contributed by atoms with E-state index in [4.69, 9.17) is 4.74 Å². The maximum atomic E-state index is 13.8. The standard InChI is InChI=1S/C22H19F4N3O4/c1-21(2,32)18-8-6-14(11-27-18)28-19(30)15-4-3-9-29(20(15)31)16-10-13(23)5-7-17(16)33-12-22(24,25)26/h3-11,32H,12H2,1-2H3,(H,28,30). The Hall–Kier alpha value is -3.73. The molecule has 0 fully saturated rings. The van der Waals surface area contributed by atoms with E-state index in [0.29, 0.717) is 5.69 Å². The van der Waals surface area contributed by atoms with Crippen LogP contribution in [0, 0.1) is 5.82 Å². The van der Waals surface area contributed by atoms with Crippen molar-refractivity contribution in [3.63, 3.8) is 0 Å². The van der Waals surface area contributed by atoms with Crippen LogP contribution in [-0.2, 0) is 5.60 Å². The number of anilines is 1. The number of amides is 1. The maximum absolute atomic E-state index is 13.8. The number of nitrogens with zero attached hydrogens (tertiary/aromatic N) is 2. The van der Waals surface area contributed by atoms with Crippen molar-refractivity contribution in [1.82, 2.24) is 9.55 Å². The number of aliphatic hydroxyl groups is 1. The van der Waals surface area contributed by atoms with E-state index in [0.717, 1.165) is 22.8 Å². The number of pyridine rings is 2. The first-order chi connectivity index (χ1) is 15.3. The van der Waals surface area contributed by atoms with Gasteiger partial charge in [0.1, 0.15) is 22.7 Å². The summed E-state index contributed by atoms with van der Waals surface area (Å²) in [5.41, 5.74) is -2.14. The fraction of sp³-hybridized carbons (Fsp3) is 0.227. The number of aromatic nitrogens is 2. The normalized spacial score (nSPS) is 11.8. The zero-order valence-corrected chi connectivity index (χ0v) is 17.5. The summed E-state index contributed by atoms with van der Waals surface area (Å²) in [6, 6.07) is 8.18. The second kappa shape index (κ2) is 9.02. The molecule has 3 aromatic rings. The van der Waals surface area contributed by atoms with Gasteiger partial charge in [0.15, 0.2) is 6.61 Å². The summed E-state index contributed by atoms with van der Waals surface area (Å²) >= 11 is 0. The Labute approximate surface area is 185 Å². The van der Waals surface area contributed by atoms with E-state index < -0.39 is 35.7 Å². The highest BCUT2D eigenvalue weighted by Gasteiger charge is 2.29. The van der Waals surface area contributed by atoms with E-state index in [-0.39, 0.29) is 22.7 Å². The lowest BCUT2D eigenvalue weighted by molar-refractivity contribution is -0.153. The van der Waals surface area contributed by atoms with Gasteiger partial charge in [-0.3, -0.25) is 19.1 Å². The summed E-state index contributed by atoms with van der Waals surface area (Å²) in [4.78, 5) is 29.6. The summed E-state index contributed by atoms with van der Waals surface area (Å²) in [7, 11) is 0. The van der Waals surface area contributed by atoms with E-state index in [1.165, 1.54) is 36.7 Å². The van der Waals surface area contributed by atoms with Crippen molar-refractivity contribution in [3.8, 4) is 11.4 Å². The number of ether oxygens (including phenoxy) is 1. The monoisotopic (exact) mass is 465 g/mol. The van der Waals surface area contributed by atoms with Gasteiger partial charge in [0.2, 0.25) is 0 Å². The van der Waals surface area contributed by atoms with Gasteiger partial charge in [-0.1, -0.05) is 0 Å². The van der Waals surface area contributed by atoms with Crippen molar-refractivity contribution in [2.75, 3.05) is 11.9 Å². The molecule has 0 aliphatic heterocycles. The van der Waals surface area contributed by atoms with Crippen LogP contribution in [-0.4, -0.2) is 33.3 Å². The summed E-state index contributed by atoms with van der Waals surface area (Å²) in [6.45, 7) is 1.44. The second-order valence-corrected chi connectivity index (χ2v) is 7.56. The molecule has 0 spiro atoms. The molecule has 0 aliphatic rings. The minimum Gasteiger partial charge on any atom is -0.482 e. The van der Waals surface area contributed by atoms with Gasteiger partial charge in [0.25, 0.3) is 11.5 Å². The quantitative estimate of drug-likeness (QED) is 0.541. The second-order valence-electron chi connectivity index (χ2n) is 7.56. The predicted molar refractivity (Wildman–Crippen MR) is 111 cm³/mol. The van der Waals surface area contributed by atoms with E-state index in [9.17, 15) is 32.3 Å². The minimum absolute atomic E-state index is 0.239. The average Bonchev–Trinajstić information content (AvgIpc) is 2.72. The molecule has 2 N–H and O–H groups in total. The van der Waals surface area contributed by atoms with Crippen LogP contribution in [0.1, 0.15) is 29.9 Å². The molecule has 0 atom stereocenters. The van der Waals surface area contributed by atoms with Gasteiger partial charge < -0.3 is 15.2 Å². The fourth-order valence-corrected chi connectivity index (χ4v) is 2.85. The molecule has 0 bridgehead atoms. The molecule has 0 saturated carbocycles. The third-order valence-electron chi connectivity index (χ3n) is 4.41. The number of alkyl halides is 3. The van der Waals surface area contributed by atoms with Gasteiger partial charge in [-0.25, -0.2) is 4.39 Å². The highest BCUT2D eigenvalue weighted by Crippen LogP contribution is 2.26. The average molecular weight is 465 g/mol. The first-order valence-electron chi connectivity index (χ1n) is 9.56. The number of nitrogens with one attached hydrogen (secondary N) is 1.